The first-order chi connectivity index (χ1) is 6.69. The van der Waals surface area contributed by atoms with E-state index >= 15 is 0 Å². The van der Waals surface area contributed by atoms with Gasteiger partial charge in [0.25, 0.3) is 0 Å². The predicted molar refractivity (Wildman–Crippen MR) is 54.7 cm³/mol. The Morgan fingerprint density at radius 2 is 2.00 bits per heavy atom. The van der Waals surface area contributed by atoms with Gasteiger partial charge in [0, 0.05) is 24.2 Å². The minimum atomic E-state index is -0.158. The monoisotopic (exact) mass is 192 g/mol. The van der Waals surface area contributed by atoms with Gasteiger partial charge in [-0.05, 0) is 31.0 Å². The molecule has 3 rings (SSSR count). The highest BCUT2D eigenvalue weighted by atomic mass is 19.1. The molecule has 1 saturated carbocycles. The number of halogens is 1. The molecule has 2 fully saturated rings. The van der Waals surface area contributed by atoms with Gasteiger partial charge >= 0.3 is 0 Å². The molecule has 0 unspecified atom stereocenters. The van der Waals surface area contributed by atoms with Crippen LogP contribution in [0, 0.1) is 11.2 Å². The molecule has 2 aliphatic rings. The van der Waals surface area contributed by atoms with Crippen LogP contribution in [-0.2, 0) is 0 Å². The molecule has 14 heavy (non-hydrogen) atoms. The number of hydrogen-bond donors (Lipinski definition) is 1. The van der Waals surface area contributed by atoms with Crippen LogP contribution in [0.25, 0.3) is 0 Å². The summed E-state index contributed by atoms with van der Waals surface area (Å²) < 4.78 is 13.4. The molecule has 2 N–H and O–H groups in total. The standard InChI is InChI=1S/C11H13FN2/c12-9-2-1-8(13)5-10(9)14-6-11(7-14)3-4-11/h1-2,5H,3-4,6-7,13H2. The van der Waals surface area contributed by atoms with Crippen LogP contribution < -0.4 is 10.6 Å². The molecule has 0 bridgehead atoms. The summed E-state index contributed by atoms with van der Waals surface area (Å²) in [7, 11) is 0. The van der Waals surface area contributed by atoms with E-state index in [1.807, 2.05) is 0 Å². The second kappa shape index (κ2) is 2.41. The number of nitrogens with zero attached hydrogens (tertiary/aromatic N) is 1. The zero-order chi connectivity index (χ0) is 9.76. The van der Waals surface area contributed by atoms with Crippen molar-refractivity contribution in [3.63, 3.8) is 0 Å². The third kappa shape index (κ3) is 1.08. The van der Waals surface area contributed by atoms with E-state index in [1.165, 1.54) is 18.9 Å². The lowest BCUT2D eigenvalue weighted by atomic mass is 9.96. The minimum Gasteiger partial charge on any atom is -0.399 e. The quantitative estimate of drug-likeness (QED) is 0.690. The molecule has 1 aliphatic carbocycles. The van der Waals surface area contributed by atoms with E-state index < -0.39 is 0 Å². The maximum absolute atomic E-state index is 13.4. The highest BCUT2D eigenvalue weighted by Gasteiger charge is 2.52. The van der Waals surface area contributed by atoms with E-state index in [0.717, 1.165) is 13.1 Å². The third-order valence-electron chi connectivity index (χ3n) is 3.32. The van der Waals surface area contributed by atoms with Crippen LogP contribution in [0.2, 0.25) is 0 Å². The molecule has 1 spiro atoms. The topological polar surface area (TPSA) is 29.3 Å². The first-order valence-corrected chi connectivity index (χ1v) is 4.99. The van der Waals surface area contributed by atoms with Crippen LogP contribution in [-0.4, -0.2) is 13.1 Å². The second-order valence-corrected chi connectivity index (χ2v) is 4.57. The summed E-state index contributed by atoms with van der Waals surface area (Å²) in [6.45, 7) is 2.01. The van der Waals surface area contributed by atoms with Crippen molar-refractivity contribution in [2.75, 3.05) is 23.7 Å². The van der Waals surface area contributed by atoms with E-state index in [-0.39, 0.29) is 5.82 Å². The first kappa shape index (κ1) is 8.09. The smallest absolute Gasteiger partial charge is 0.146 e. The lowest BCUT2D eigenvalue weighted by molar-refractivity contribution is 0.382. The van der Waals surface area contributed by atoms with Crippen molar-refractivity contribution in [1.29, 1.82) is 0 Å². The van der Waals surface area contributed by atoms with Crippen LogP contribution in [0.4, 0.5) is 15.8 Å². The summed E-state index contributed by atoms with van der Waals surface area (Å²) in [4.78, 5) is 2.08. The fraction of sp³-hybridized carbons (Fsp3) is 0.455. The van der Waals surface area contributed by atoms with Gasteiger partial charge in [0.2, 0.25) is 0 Å². The van der Waals surface area contributed by atoms with Gasteiger partial charge in [-0.2, -0.15) is 0 Å². The second-order valence-electron chi connectivity index (χ2n) is 4.57. The number of nitrogen functional groups attached to an aromatic ring is 1. The van der Waals surface area contributed by atoms with Crippen molar-refractivity contribution in [2.45, 2.75) is 12.8 Å². The van der Waals surface area contributed by atoms with Gasteiger partial charge in [-0.25, -0.2) is 4.39 Å². The summed E-state index contributed by atoms with van der Waals surface area (Å²) in [5, 5.41) is 0. The van der Waals surface area contributed by atoms with Crippen molar-refractivity contribution < 1.29 is 4.39 Å². The van der Waals surface area contributed by atoms with Crippen molar-refractivity contribution >= 4 is 11.4 Å². The van der Waals surface area contributed by atoms with E-state index in [9.17, 15) is 4.39 Å². The third-order valence-corrected chi connectivity index (χ3v) is 3.32. The Kier molecular flexibility index (Phi) is 1.39. The Hall–Kier alpha value is -1.25. The van der Waals surface area contributed by atoms with Gasteiger partial charge in [-0.15, -0.1) is 0 Å². The van der Waals surface area contributed by atoms with Crippen molar-refractivity contribution in [3.8, 4) is 0 Å². The first-order valence-electron chi connectivity index (χ1n) is 4.99. The molecule has 0 radical (unpaired) electrons. The number of anilines is 2. The highest BCUT2D eigenvalue weighted by Crippen LogP contribution is 2.54. The van der Waals surface area contributed by atoms with E-state index in [1.54, 1.807) is 12.1 Å². The van der Waals surface area contributed by atoms with Gasteiger partial charge < -0.3 is 10.6 Å². The van der Waals surface area contributed by atoms with Crippen molar-refractivity contribution in [1.82, 2.24) is 0 Å². The van der Waals surface area contributed by atoms with Crippen LogP contribution in [0.3, 0.4) is 0 Å². The maximum atomic E-state index is 13.4. The average Bonchev–Trinajstić information content (AvgIpc) is 2.86. The molecule has 0 atom stereocenters. The SMILES string of the molecule is Nc1ccc(F)c(N2CC3(CC3)C2)c1. The Bertz CT molecular complexity index is 377. The molecule has 1 saturated heterocycles. The van der Waals surface area contributed by atoms with Crippen LogP contribution in [0.1, 0.15) is 12.8 Å². The number of rotatable bonds is 1. The molecule has 0 amide bonds. The summed E-state index contributed by atoms with van der Waals surface area (Å²) in [5.41, 5.74) is 7.49. The molecule has 0 aromatic heterocycles. The highest BCUT2D eigenvalue weighted by molar-refractivity contribution is 5.59. The Balaban J connectivity index is 1.85. The molecule has 1 aromatic carbocycles. The fourth-order valence-electron chi connectivity index (χ4n) is 2.20. The molecule has 2 nitrogen and oxygen atoms in total. The molecular formula is C11H13FN2. The summed E-state index contributed by atoms with van der Waals surface area (Å²) in [6.07, 6.45) is 2.63. The minimum absolute atomic E-state index is 0.158. The zero-order valence-corrected chi connectivity index (χ0v) is 7.96. The zero-order valence-electron chi connectivity index (χ0n) is 7.96. The summed E-state index contributed by atoms with van der Waals surface area (Å²) >= 11 is 0. The van der Waals surface area contributed by atoms with E-state index in [0.29, 0.717) is 16.8 Å². The molecule has 74 valence electrons. The predicted octanol–water partition coefficient (Wildman–Crippen LogP) is 2.01. The number of nitrogens with two attached hydrogens (primary N) is 1. The van der Waals surface area contributed by atoms with E-state index in [4.69, 9.17) is 5.73 Å². The molecule has 1 heterocycles. The number of benzene rings is 1. The van der Waals surface area contributed by atoms with Crippen LogP contribution >= 0.6 is 0 Å². The molecular weight excluding hydrogens is 179 g/mol. The van der Waals surface area contributed by atoms with E-state index in [2.05, 4.69) is 4.90 Å². The fourth-order valence-corrected chi connectivity index (χ4v) is 2.20. The van der Waals surface area contributed by atoms with Gasteiger partial charge in [-0.3, -0.25) is 0 Å². The van der Waals surface area contributed by atoms with Gasteiger partial charge in [0.05, 0.1) is 5.69 Å². The lowest BCUT2D eigenvalue weighted by Crippen LogP contribution is -2.48. The van der Waals surface area contributed by atoms with Gasteiger partial charge in [-0.1, -0.05) is 0 Å². The maximum Gasteiger partial charge on any atom is 0.146 e. The largest absolute Gasteiger partial charge is 0.399 e. The average molecular weight is 192 g/mol. The van der Waals surface area contributed by atoms with Crippen LogP contribution in [0.15, 0.2) is 18.2 Å². The number of hydrogen-bond acceptors (Lipinski definition) is 2. The summed E-state index contributed by atoms with van der Waals surface area (Å²) in [5.74, 6) is -0.158. The Labute approximate surface area is 82.5 Å². The van der Waals surface area contributed by atoms with Crippen molar-refractivity contribution in [3.05, 3.63) is 24.0 Å². The lowest BCUT2D eigenvalue weighted by Gasteiger charge is -2.42. The Morgan fingerprint density at radius 3 is 2.64 bits per heavy atom. The molecule has 1 aliphatic heterocycles. The Morgan fingerprint density at radius 1 is 1.29 bits per heavy atom. The van der Waals surface area contributed by atoms with Gasteiger partial charge in [0.1, 0.15) is 5.82 Å². The molecule has 1 aromatic rings. The van der Waals surface area contributed by atoms with Gasteiger partial charge in [0.15, 0.2) is 0 Å². The van der Waals surface area contributed by atoms with Crippen molar-refractivity contribution in [2.24, 2.45) is 5.41 Å². The summed E-state index contributed by atoms with van der Waals surface area (Å²) in [6, 6.07) is 4.78. The molecule has 3 heteroatoms. The normalized spacial score (nSPS) is 22.2. The van der Waals surface area contributed by atoms with Crippen LogP contribution in [0.5, 0.6) is 0 Å².